The van der Waals surface area contributed by atoms with Crippen molar-refractivity contribution in [2.45, 2.75) is 13.3 Å². The number of methoxy groups -OCH3 is 1. The average Bonchev–Trinajstić information content (AvgIpc) is 2.69. The number of carboxylic acids is 1. The first kappa shape index (κ1) is 13.6. The molecule has 0 fully saturated rings. The molecule has 1 aromatic heterocycles. The van der Waals surface area contributed by atoms with Gasteiger partial charge in [-0.05, 0) is 35.0 Å². The minimum absolute atomic E-state index is 0.120. The van der Waals surface area contributed by atoms with Crippen LogP contribution < -0.4 is 4.74 Å². The lowest BCUT2D eigenvalue weighted by Gasteiger charge is -2.08. The van der Waals surface area contributed by atoms with Crippen molar-refractivity contribution in [2.75, 3.05) is 7.11 Å². The Labute approximate surface area is 118 Å². The molecule has 0 aliphatic carbocycles. The van der Waals surface area contributed by atoms with Crippen LogP contribution in [-0.2, 0) is 11.2 Å². The number of halogens is 1. The maximum Gasteiger partial charge on any atom is 0.309 e. The third-order valence-corrected chi connectivity index (χ3v) is 3.06. The SMILES string of the molecule is COc1ccc(C)cc1-c1nc(Br)[nH]c1CC(=O)O. The number of imidazole rings is 1. The molecule has 6 heteroatoms. The fourth-order valence-corrected chi connectivity index (χ4v) is 2.30. The smallest absolute Gasteiger partial charge is 0.309 e. The quantitative estimate of drug-likeness (QED) is 0.906. The second-order valence-corrected chi connectivity index (χ2v) is 4.88. The van der Waals surface area contributed by atoms with Gasteiger partial charge in [-0.1, -0.05) is 11.6 Å². The van der Waals surface area contributed by atoms with E-state index >= 15 is 0 Å². The van der Waals surface area contributed by atoms with Gasteiger partial charge >= 0.3 is 5.97 Å². The lowest BCUT2D eigenvalue weighted by Crippen LogP contribution is -2.02. The van der Waals surface area contributed by atoms with Crippen molar-refractivity contribution >= 4 is 21.9 Å². The fraction of sp³-hybridized carbons (Fsp3) is 0.231. The van der Waals surface area contributed by atoms with Gasteiger partial charge in [0.25, 0.3) is 0 Å². The summed E-state index contributed by atoms with van der Waals surface area (Å²) in [6, 6.07) is 5.70. The number of H-pyrrole nitrogens is 1. The number of aryl methyl sites for hydroxylation is 1. The van der Waals surface area contributed by atoms with Crippen molar-refractivity contribution in [3.63, 3.8) is 0 Å². The number of hydrogen-bond donors (Lipinski definition) is 2. The van der Waals surface area contributed by atoms with E-state index in [-0.39, 0.29) is 6.42 Å². The number of carbonyl (C=O) groups is 1. The lowest BCUT2D eigenvalue weighted by molar-refractivity contribution is -0.136. The van der Waals surface area contributed by atoms with Gasteiger partial charge in [0, 0.05) is 5.56 Å². The number of nitrogens with one attached hydrogen (secondary N) is 1. The van der Waals surface area contributed by atoms with Gasteiger partial charge in [-0.15, -0.1) is 0 Å². The van der Waals surface area contributed by atoms with Crippen LogP contribution in [0.3, 0.4) is 0 Å². The van der Waals surface area contributed by atoms with E-state index in [4.69, 9.17) is 9.84 Å². The zero-order valence-electron chi connectivity index (χ0n) is 10.5. The molecule has 0 radical (unpaired) electrons. The van der Waals surface area contributed by atoms with Gasteiger partial charge in [0.1, 0.15) is 5.75 Å². The van der Waals surface area contributed by atoms with Crippen LogP contribution in [0.1, 0.15) is 11.3 Å². The number of nitrogens with zero attached hydrogens (tertiary/aromatic N) is 1. The summed E-state index contributed by atoms with van der Waals surface area (Å²) in [5.41, 5.74) is 2.97. The Morgan fingerprint density at radius 3 is 2.89 bits per heavy atom. The number of hydrogen-bond acceptors (Lipinski definition) is 3. The molecule has 0 amide bonds. The number of aromatic amines is 1. The third-order valence-electron chi connectivity index (χ3n) is 2.69. The second kappa shape index (κ2) is 5.44. The summed E-state index contributed by atoms with van der Waals surface area (Å²) in [5, 5.41) is 8.93. The van der Waals surface area contributed by atoms with E-state index < -0.39 is 5.97 Å². The van der Waals surface area contributed by atoms with Crippen molar-refractivity contribution in [3.8, 4) is 17.0 Å². The maximum atomic E-state index is 10.9. The van der Waals surface area contributed by atoms with Crippen molar-refractivity contribution < 1.29 is 14.6 Å². The van der Waals surface area contributed by atoms with Crippen molar-refractivity contribution in [2.24, 2.45) is 0 Å². The van der Waals surface area contributed by atoms with E-state index in [1.807, 2.05) is 25.1 Å². The number of rotatable bonds is 4. The fourth-order valence-electron chi connectivity index (χ4n) is 1.89. The zero-order chi connectivity index (χ0) is 14.0. The van der Waals surface area contributed by atoms with Gasteiger partial charge in [0.05, 0.1) is 24.9 Å². The van der Waals surface area contributed by atoms with Gasteiger partial charge in [0.15, 0.2) is 4.73 Å². The van der Waals surface area contributed by atoms with E-state index in [1.54, 1.807) is 7.11 Å². The van der Waals surface area contributed by atoms with Gasteiger partial charge in [-0.25, -0.2) is 4.98 Å². The average molecular weight is 325 g/mol. The summed E-state index contributed by atoms with van der Waals surface area (Å²) < 4.78 is 5.81. The largest absolute Gasteiger partial charge is 0.496 e. The van der Waals surface area contributed by atoms with Crippen LogP contribution in [0.15, 0.2) is 22.9 Å². The molecule has 100 valence electrons. The number of ether oxygens (including phenoxy) is 1. The van der Waals surface area contributed by atoms with Gasteiger partial charge in [-0.2, -0.15) is 0 Å². The molecule has 0 spiro atoms. The standard InChI is InChI=1S/C13H13BrN2O3/c1-7-3-4-10(19-2)8(5-7)12-9(6-11(17)18)15-13(14)16-12/h3-5H,6H2,1-2H3,(H,15,16)(H,17,18). The summed E-state index contributed by atoms with van der Waals surface area (Å²) in [6.45, 7) is 1.96. The van der Waals surface area contributed by atoms with Crippen LogP contribution in [0.2, 0.25) is 0 Å². The zero-order valence-corrected chi connectivity index (χ0v) is 12.1. The van der Waals surface area contributed by atoms with E-state index in [0.717, 1.165) is 11.1 Å². The molecule has 0 bridgehead atoms. The molecule has 2 aromatic rings. The Bertz CT molecular complexity index is 622. The van der Waals surface area contributed by atoms with Crippen molar-refractivity contribution in [1.82, 2.24) is 9.97 Å². The Morgan fingerprint density at radius 2 is 2.26 bits per heavy atom. The van der Waals surface area contributed by atoms with Crippen LogP contribution in [0, 0.1) is 6.92 Å². The molecule has 5 nitrogen and oxygen atoms in total. The highest BCUT2D eigenvalue weighted by atomic mass is 79.9. The van der Waals surface area contributed by atoms with Crippen LogP contribution >= 0.6 is 15.9 Å². The molecular weight excluding hydrogens is 312 g/mol. The first-order valence-electron chi connectivity index (χ1n) is 5.62. The minimum atomic E-state index is -0.913. The van der Waals surface area contributed by atoms with E-state index in [9.17, 15) is 4.79 Å². The van der Waals surface area contributed by atoms with Gasteiger partial charge in [-0.3, -0.25) is 4.79 Å². The first-order chi connectivity index (χ1) is 9.01. The minimum Gasteiger partial charge on any atom is -0.496 e. The summed E-state index contributed by atoms with van der Waals surface area (Å²) in [6.07, 6.45) is -0.120. The maximum absolute atomic E-state index is 10.9. The van der Waals surface area contributed by atoms with Gasteiger partial charge < -0.3 is 14.8 Å². The summed E-state index contributed by atoms with van der Waals surface area (Å²) in [5.74, 6) is -0.250. The molecular formula is C13H13BrN2O3. The molecule has 1 heterocycles. The van der Waals surface area contributed by atoms with Gasteiger partial charge in [0.2, 0.25) is 0 Å². The predicted molar refractivity (Wildman–Crippen MR) is 74.4 cm³/mol. The molecule has 0 saturated heterocycles. The number of carboxylic acid groups (broad SMARTS) is 1. The van der Waals surface area contributed by atoms with E-state index in [2.05, 4.69) is 25.9 Å². The Hall–Kier alpha value is -1.82. The van der Waals surface area contributed by atoms with Crippen LogP contribution in [0.25, 0.3) is 11.3 Å². The highest BCUT2D eigenvalue weighted by Gasteiger charge is 2.17. The molecule has 0 atom stereocenters. The molecule has 0 aliphatic rings. The Kier molecular flexibility index (Phi) is 3.90. The molecule has 19 heavy (non-hydrogen) atoms. The monoisotopic (exact) mass is 324 g/mol. The second-order valence-electron chi connectivity index (χ2n) is 4.13. The van der Waals surface area contributed by atoms with Crippen LogP contribution in [0.5, 0.6) is 5.75 Å². The Balaban J connectivity index is 2.57. The highest BCUT2D eigenvalue weighted by Crippen LogP contribution is 2.33. The highest BCUT2D eigenvalue weighted by molar-refractivity contribution is 9.10. The summed E-state index contributed by atoms with van der Waals surface area (Å²) in [7, 11) is 1.58. The summed E-state index contributed by atoms with van der Waals surface area (Å²) in [4.78, 5) is 18.1. The normalized spacial score (nSPS) is 10.5. The molecule has 0 saturated carbocycles. The summed E-state index contributed by atoms with van der Waals surface area (Å²) >= 11 is 3.23. The van der Waals surface area contributed by atoms with Crippen molar-refractivity contribution in [3.05, 3.63) is 34.2 Å². The van der Waals surface area contributed by atoms with Crippen LogP contribution in [0.4, 0.5) is 0 Å². The Morgan fingerprint density at radius 1 is 1.53 bits per heavy atom. The van der Waals surface area contributed by atoms with Crippen molar-refractivity contribution in [1.29, 1.82) is 0 Å². The third kappa shape index (κ3) is 2.96. The number of aromatic nitrogens is 2. The molecule has 0 aliphatic heterocycles. The topological polar surface area (TPSA) is 75.2 Å². The number of aliphatic carboxylic acids is 1. The molecule has 2 N–H and O–H groups in total. The van der Waals surface area contributed by atoms with E-state index in [0.29, 0.717) is 21.9 Å². The predicted octanol–water partition coefficient (Wildman–Crippen LogP) is 2.78. The molecule has 2 rings (SSSR count). The number of benzene rings is 1. The van der Waals surface area contributed by atoms with Crippen LogP contribution in [-0.4, -0.2) is 28.2 Å². The first-order valence-corrected chi connectivity index (χ1v) is 6.41. The lowest BCUT2D eigenvalue weighted by atomic mass is 10.0. The molecule has 0 unspecified atom stereocenters. The van der Waals surface area contributed by atoms with E-state index in [1.165, 1.54) is 0 Å². The molecule has 1 aromatic carbocycles.